The minimum atomic E-state index is -0.184. The van der Waals surface area contributed by atoms with Crippen molar-refractivity contribution in [2.24, 2.45) is 0 Å². The van der Waals surface area contributed by atoms with Crippen molar-refractivity contribution in [3.8, 4) is 0 Å². The zero-order chi connectivity index (χ0) is 13.3. The fourth-order valence-electron chi connectivity index (χ4n) is 1.40. The Balaban J connectivity index is 3.82. The van der Waals surface area contributed by atoms with Crippen LogP contribution in [0.15, 0.2) is 0 Å². The molecule has 0 amide bonds. The molecule has 0 fully saturated rings. The average Bonchev–Trinajstić information content (AvgIpc) is 2.16. The number of rotatable bonds is 8. The molecule has 0 rings (SSSR count). The van der Waals surface area contributed by atoms with Gasteiger partial charge in [0, 0.05) is 10.5 Å². The maximum atomic E-state index is 11.2. The fraction of sp³-hybridized carbons (Fsp3) is 0.833. The summed E-state index contributed by atoms with van der Waals surface area (Å²) in [5.74, 6) is -0.369. The first-order valence-electron chi connectivity index (χ1n) is 5.96. The van der Waals surface area contributed by atoms with Gasteiger partial charge in [-0.2, -0.15) is 11.8 Å². The summed E-state index contributed by atoms with van der Waals surface area (Å²) in [5, 5.41) is 0.303. The average molecular weight is 262 g/mol. The molecular formula is C12H22O4S. The van der Waals surface area contributed by atoms with Gasteiger partial charge < -0.3 is 9.47 Å². The van der Waals surface area contributed by atoms with Crippen molar-refractivity contribution in [3.05, 3.63) is 0 Å². The predicted octanol–water partition coefficient (Wildman–Crippen LogP) is 2.40. The van der Waals surface area contributed by atoms with Crippen LogP contribution >= 0.6 is 11.8 Å². The number of hydrogen-bond donors (Lipinski definition) is 0. The number of carbonyl (C=O) groups excluding carboxylic acids is 2. The van der Waals surface area contributed by atoms with E-state index in [9.17, 15) is 9.59 Å². The third kappa shape index (κ3) is 9.03. The molecule has 0 unspecified atom stereocenters. The lowest BCUT2D eigenvalue weighted by atomic mass is 10.3. The number of hydrogen-bond acceptors (Lipinski definition) is 5. The van der Waals surface area contributed by atoms with Crippen LogP contribution < -0.4 is 0 Å². The molecule has 0 spiro atoms. The first-order chi connectivity index (χ1) is 7.99. The molecule has 0 aromatic heterocycles. The zero-order valence-corrected chi connectivity index (χ0v) is 11.8. The molecule has 0 aliphatic carbocycles. The maximum absolute atomic E-state index is 11.2. The van der Waals surface area contributed by atoms with Gasteiger partial charge >= 0.3 is 11.9 Å². The van der Waals surface area contributed by atoms with Gasteiger partial charge in [0.05, 0.1) is 26.1 Å². The number of thioether (sulfide) groups is 1. The van der Waals surface area contributed by atoms with Crippen molar-refractivity contribution >= 4 is 23.7 Å². The molecular weight excluding hydrogens is 240 g/mol. The molecule has 0 aliphatic rings. The van der Waals surface area contributed by atoms with Crippen LogP contribution in [-0.2, 0) is 19.1 Å². The van der Waals surface area contributed by atoms with Crippen LogP contribution in [0.1, 0.15) is 40.5 Å². The van der Waals surface area contributed by atoms with Gasteiger partial charge in [-0.05, 0) is 13.8 Å². The molecule has 0 aromatic carbocycles. The van der Waals surface area contributed by atoms with Crippen LogP contribution in [0.3, 0.4) is 0 Å². The normalized spacial score (nSPS) is 13.9. The summed E-state index contributed by atoms with van der Waals surface area (Å²) >= 11 is 1.61. The van der Waals surface area contributed by atoms with E-state index in [0.717, 1.165) is 0 Å². The highest BCUT2D eigenvalue weighted by molar-refractivity contribution is 8.00. The van der Waals surface area contributed by atoms with Crippen molar-refractivity contribution in [3.63, 3.8) is 0 Å². The molecule has 0 N–H and O–H groups in total. The lowest BCUT2D eigenvalue weighted by Crippen LogP contribution is -2.16. The largest absolute Gasteiger partial charge is 0.466 e. The molecule has 0 bridgehead atoms. The second-order valence-corrected chi connectivity index (χ2v) is 5.66. The van der Waals surface area contributed by atoms with Crippen LogP contribution in [-0.4, -0.2) is 35.7 Å². The van der Waals surface area contributed by atoms with Gasteiger partial charge in [0.15, 0.2) is 0 Å². The lowest BCUT2D eigenvalue weighted by Gasteiger charge is -2.15. The first-order valence-corrected chi connectivity index (χ1v) is 6.90. The van der Waals surface area contributed by atoms with E-state index in [1.165, 1.54) is 0 Å². The molecule has 2 atom stereocenters. The van der Waals surface area contributed by atoms with Crippen LogP contribution in [0.4, 0.5) is 0 Å². The van der Waals surface area contributed by atoms with Gasteiger partial charge in [0.1, 0.15) is 0 Å². The Kier molecular flexibility index (Phi) is 8.94. The monoisotopic (exact) mass is 262 g/mol. The predicted molar refractivity (Wildman–Crippen MR) is 69.0 cm³/mol. The molecule has 0 radical (unpaired) electrons. The molecule has 0 aliphatic heterocycles. The molecule has 4 nitrogen and oxygen atoms in total. The minimum absolute atomic E-state index is 0.151. The SMILES string of the molecule is CCOC(=O)C[C@@H](C)S[C@H](C)CC(=O)OCC. The summed E-state index contributed by atoms with van der Waals surface area (Å²) < 4.78 is 9.74. The van der Waals surface area contributed by atoms with Crippen molar-refractivity contribution in [2.75, 3.05) is 13.2 Å². The van der Waals surface area contributed by atoms with Crippen molar-refractivity contribution < 1.29 is 19.1 Å². The zero-order valence-electron chi connectivity index (χ0n) is 11.0. The molecule has 0 heterocycles. The topological polar surface area (TPSA) is 52.6 Å². The van der Waals surface area contributed by atoms with E-state index in [-0.39, 0.29) is 22.4 Å². The lowest BCUT2D eigenvalue weighted by molar-refractivity contribution is -0.143. The van der Waals surface area contributed by atoms with Gasteiger partial charge in [0.25, 0.3) is 0 Å². The minimum Gasteiger partial charge on any atom is -0.466 e. The summed E-state index contributed by atoms with van der Waals surface area (Å²) in [5.41, 5.74) is 0. The molecule has 5 heteroatoms. The summed E-state index contributed by atoms with van der Waals surface area (Å²) in [7, 11) is 0. The fourth-order valence-corrected chi connectivity index (χ4v) is 2.66. The number of carbonyl (C=O) groups is 2. The third-order valence-electron chi connectivity index (χ3n) is 1.98. The Labute approximate surface area is 107 Å². The van der Waals surface area contributed by atoms with Crippen molar-refractivity contribution in [1.82, 2.24) is 0 Å². The second-order valence-electron chi connectivity index (χ2n) is 3.78. The third-order valence-corrected chi connectivity index (χ3v) is 3.25. The molecule has 17 heavy (non-hydrogen) atoms. The Morgan fingerprint density at radius 3 is 1.59 bits per heavy atom. The Morgan fingerprint density at radius 1 is 0.941 bits per heavy atom. The van der Waals surface area contributed by atoms with E-state index in [1.54, 1.807) is 25.6 Å². The number of esters is 2. The van der Waals surface area contributed by atoms with E-state index in [0.29, 0.717) is 26.1 Å². The molecule has 0 saturated carbocycles. The number of ether oxygens (including phenoxy) is 2. The van der Waals surface area contributed by atoms with E-state index >= 15 is 0 Å². The van der Waals surface area contributed by atoms with Gasteiger partial charge in [-0.3, -0.25) is 9.59 Å². The smallest absolute Gasteiger partial charge is 0.306 e. The Hall–Kier alpha value is -0.710. The van der Waals surface area contributed by atoms with Crippen LogP contribution in [0.2, 0.25) is 0 Å². The highest BCUT2D eigenvalue weighted by Gasteiger charge is 2.16. The standard InChI is InChI=1S/C12H22O4S/c1-5-15-11(13)7-9(3)17-10(4)8-12(14)16-6-2/h9-10H,5-8H2,1-4H3/t9-,10-/m1/s1. The van der Waals surface area contributed by atoms with E-state index < -0.39 is 0 Å². The highest BCUT2D eigenvalue weighted by atomic mass is 32.2. The van der Waals surface area contributed by atoms with E-state index in [4.69, 9.17) is 9.47 Å². The Morgan fingerprint density at radius 2 is 1.29 bits per heavy atom. The summed E-state index contributed by atoms with van der Waals surface area (Å²) in [6.45, 7) is 8.33. The highest BCUT2D eigenvalue weighted by Crippen LogP contribution is 2.23. The first kappa shape index (κ1) is 16.3. The van der Waals surface area contributed by atoms with Gasteiger partial charge in [-0.15, -0.1) is 0 Å². The van der Waals surface area contributed by atoms with E-state index in [2.05, 4.69) is 0 Å². The molecule has 0 aromatic rings. The summed E-state index contributed by atoms with van der Waals surface area (Å²) in [6, 6.07) is 0. The molecule has 100 valence electrons. The van der Waals surface area contributed by atoms with Crippen molar-refractivity contribution in [2.45, 2.75) is 51.0 Å². The quantitative estimate of drug-likeness (QED) is 0.629. The second kappa shape index (κ2) is 9.33. The summed E-state index contributed by atoms with van der Waals surface area (Å²) in [4.78, 5) is 22.5. The van der Waals surface area contributed by atoms with Crippen LogP contribution in [0.5, 0.6) is 0 Å². The van der Waals surface area contributed by atoms with Gasteiger partial charge in [0.2, 0.25) is 0 Å². The molecule has 0 saturated heterocycles. The van der Waals surface area contributed by atoms with Gasteiger partial charge in [-0.25, -0.2) is 0 Å². The van der Waals surface area contributed by atoms with Gasteiger partial charge in [-0.1, -0.05) is 13.8 Å². The summed E-state index contributed by atoms with van der Waals surface area (Å²) in [6.07, 6.45) is 0.761. The van der Waals surface area contributed by atoms with Crippen LogP contribution in [0.25, 0.3) is 0 Å². The van der Waals surface area contributed by atoms with Crippen LogP contribution in [0, 0.1) is 0 Å². The van der Waals surface area contributed by atoms with Crippen molar-refractivity contribution in [1.29, 1.82) is 0 Å². The van der Waals surface area contributed by atoms with E-state index in [1.807, 2.05) is 13.8 Å². The maximum Gasteiger partial charge on any atom is 0.306 e. The Bertz CT molecular complexity index is 219.